The van der Waals surface area contributed by atoms with Crippen LogP contribution in [0.2, 0.25) is 0 Å². The van der Waals surface area contributed by atoms with E-state index in [2.05, 4.69) is 4.74 Å². The number of hydrogen-bond donors (Lipinski definition) is 1. The second-order valence-electron chi connectivity index (χ2n) is 4.44. The van der Waals surface area contributed by atoms with Crippen LogP contribution in [-0.4, -0.2) is 43.3 Å². The number of rotatable bonds is 6. The summed E-state index contributed by atoms with van der Waals surface area (Å²) in [6.07, 6.45) is 5.88. The summed E-state index contributed by atoms with van der Waals surface area (Å²) in [5, 5.41) is 0.651. The molecule has 3 unspecified atom stereocenters. The Morgan fingerprint density at radius 1 is 1.47 bits per heavy atom. The van der Waals surface area contributed by atoms with E-state index in [-0.39, 0.29) is 5.97 Å². The average molecular weight is 261 g/mol. The number of esters is 1. The summed E-state index contributed by atoms with van der Waals surface area (Å²) in [7, 11) is 3.16. The first-order valence-corrected chi connectivity index (χ1v) is 7.20. The maximum atomic E-state index is 11.1. The smallest absolute Gasteiger partial charge is 0.322 e. The van der Waals surface area contributed by atoms with Gasteiger partial charge in [0.05, 0.1) is 13.2 Å². The highest BCUT2D eigenvalue weighted by atomic mass is 32.2. The Hall–Kier alpha value is -0.260. The fourth-order valence-corrected chi connectivity index (χ4v) is 3.51. The van der Waals surface area contributed by atoms with Gasteiger partial charge in [0.15, 0.2) is 0 Å². The minimum atomic E-state index is -0.477. The van der Waals surface area contributed by atoms with Crippen LogP contribution in [0.1, 0.15) is 32.1 Å². The van der Waals surface area contributed by atoms with Gasteiger partial charge in [0.1, 0.15) is 6.04 Å². The Balaban J connectivity index is 2.15. The lowest BCUT2D eigenvalue weighted by Gasteiger charge is -2.27. The molecular formula is C12H23NO3S. The molecule has 1 fully saturated rings. The number of thioether (sulfide) groups is 1. The molecule has 0 aromatic rings. The Labute approximate surface area is 108 Å². The number of hydrogen-bond acceptors (Lipinski definition) is 5. The Morgan fingerprint density at radius 3 is 2.88 bits per heavy atom. The van der Waals surface area contributed by atoms with Crippen LogP contribution in [0, 0.1) is 0 Å². The predicted octanol–water partition coefficient (Wildman–Crippen LogP) is 1.57. The second kappa shape index (κ2) is 7.95. The van der Waals surface area contributed by atoms with Gasteiger partial charge in [0.2, 0.25) is 0 Å². The molecule has 1 aliphatic rings. The van der Waals surface area contributed by atoms with Crippen LogP contribution in [0.25, 0.3) is 0 Å². The second-order valence-corrected chi connectivity index (χ2v) is 5.84. The zero-order valence-electron chi connectivity index (χ0n) is 10.7. The summed E-state index contributed by atoms with van der Waals surface area (Å²) >= 11 is 1.90. The molecule has 2 N–H and O–H groups in total. The molecule has 0 saturated heterocycles. The number of carbonyl (C=O) groups excluding carboxylic acids is 1. The van der Waals surface area contributed by atoms with Crippen molar-refractivity contribution in [1.29, 1.82) is 0 Å². The van der Waals surface area contributed by atoms with E-state index in [1.165, 1.54) is 26.4 Å². The molecule has 0 aliphatic heterocycles. The first kappa shape index (κ1) is 14.8. The highest BCUT2D eigenvalue weighted by Gasteiger charge is 2.22. The van der Waals surface area contributed by atoms with Gasteiger partial charge in [-0.1, -0.05) is 0 Å². The normalized spacial score (nSPS) is 26.5. The van der Waals surface area contributed by atoms with Crippen LogP contribution in [0.4, 0.5) is 0 Å². The van der Waals surface area contributed by atoms with Gasteiger partial charge in [0.25, 0.3) is 0 Å². The molecule has 0 aromatic heterocycles. The van der Waals surface area contributed by atoms with Crippen LogP contribution in [-0.2, 0) is 14.3 Å². The van der Waals surface area contributed by atoms with Crippen molar-refractivity contribution in [3.63, 3.8) is 0 Å². The van der Waals surface area contributed by atoms with Crippen LogP contribution in [0.3, 0.4) is 0 Å². The molecule has 4 nitrogen and oxygen atoms in total. The Bertz CT molecular complexity index is 238. The van der Waals surface area contributed by atoms with Gasteiger partial charge in [0, 0.05) is 12.4 Å². The van der Waals surface area contributed by atoms with Crippen molar-refractivity contribution in [3.05, 3.63) is 0 Å². The van der Waals surface area contributed by atoms with Crippen LogP contribution >= 0.6 is 11.8 Å². The minimum absolute atomic E-state index is 0.316. The lowest BCUT2D eigenvalue weighted by atomic mass is 9.97. The average Bonchev–Trinajstić information content (AvgIpc) is 2.37. The summed E-state index contributed by atoms with van der Waals surface area (Å²) in [5.41, 5.74) is 5.68. The lowest BCUT2D eigenvalue weighted by molar-refractivity contribution is -0.142. The largest absolute Gasteiger partial charge is 0.468 e. The molecular weight excluding hydrogens is 238 g/mol. The molecule has 5 heteroatoms. The van der Waals surface area contributed by atoms with Crippen molar-refractivity contribution in [2.45, 2.75) is 49.5 Å². The summed E-state index contributed by atoms with van der Waals surface area (Å²) < 4.78 is 9.99. The molecule has 17 heavy (non-hydrogen) atoms. The zero-order valence-corrected chi connectivity index (χ0v) is 11.5. The number of methoxy groups -OCH3 is 2. The van der Waals surface area contributed by atoms with Gasteiger partial charge >= 0.3 is 5.97 Å². The van der Waals surface area contributed by atoms with Crippen molar-refractivity contribution in [1.82, 2.24) is 0 Å². The van der Waals surface area contributed by atoms with Gasteiger partial charge in [-0.25, -0.2) is 0 Å². The van der Waals surface area contributed by atoms with Crippen molar-refractivity contribution >= 4 is 17.7 Å². The highest BCUT2D eigenvalue weighted by molar-refractivity contribution is 7.99. The van der Waals surface area contributed by atoms with E-state index in [9.17, 15) is 4.79 Å². The molecule has 0 radical (unpaired) electrons. The topological polar surface area (TPSA) is 61.5 Å². The van der Waals surface area contributed by atoms with E-state index >= 15 is 0 Å². The third-order valence-electron chi connectivity index (χ3n) is 3.20. The molecule has 0 aromatic carbocycles. The van der Waals surface area contributed by atoms with E-state index in [0.717, 1.165) is 12.2 Å². The molecule has 1 aliphatic carbocycles. The molecule has 0 heterocycles. The fraction of sp³-hybridized carbons (Fsp3) is 0.917. The van der Waals surface area contributed by atoms with Crippen LogP contribution < -0.4 is 5.73 Å². The Kier molecular flexibility index (Phi) is 6.92. The summed E-state index contributed by atoms with van der Waals surface area (Å²) in [6.45, 7) is 0. The van der Waals surface area contributed by atoms with E-state index in [4.69, 9.17) is 10.5 Å². The van der Waals surface area contributed by atoms with Crippen LogP contribution in [0.15, 0.2) is 0 Å². The molecule has 0 amide bonds. The van der Waals surface area contributed by atoms with Gasteiger partial charge in [-0.3, -0.25) is 4.79 Å². The molecule has 1 rings (SSSR count). The highest BCUT2D eigenvalue weighted by Crippen LogP contribution is 2.30. The van der Waals surface area contributed by atoms with Crippen molar-refractivity contribution in [2.75, 3.05) is 20.0 Å². The van der Waals surface area contributed by atoms with Gasteiger partial charge in [-0.15, -0.1) is 0 Å². The minimum Gasteiger partial charge on any atom is -0.468 e. The van der Waals surface area contributed by atoms with Crippen molar-refractivity contribution in [3.8, 4) is 0 Å². The molecule has 1 saturated carbocycles. The van der Waals surface area contributed by atoms with E-state index in [1.807, 2.05) is 11.8 Å². The summed E-state index contributed by atoms with van der Waals surface area (Å²) in [4.78, 5) is 11.1. The van der Waals surface area contributed by atoms with Gasteiger partial charge < -0.3 is 15.2 Å². The molecule has 100 valence electrons. The molecule has 0 bridgehead atoms. The zero-order chi connectivity index (χ0) is 12.7. The monoisotopic (exact) mass is 261 g/mol. The third kappa shape index (κ3) is 5.27. The van der Waals surface area contributed by atoms with Gasteiger partial charge in [-0.2, -0.15) is 11.8 Å². The summed E-state index contributed by atoms with van der Waals surface area (Å²) in [5.74, 6) is 0.598. The first-order valence-electron chi connectivity index (χ1n) is 6.15. The number of carbonyl (C=O) groups is 1. The van der Waals surface area contributed by atoms with Crippen molar-refractivity contribution < 1.29 is 14.3 Å². The lowest BCUT2D eigenvalue weighted by Crippen LogP contribution is -2.32. The van der Waals surface area contributed by atoms with Crippen molar-refractivity contribution in [2.24, 2.45) is 5.73 Å². The quantitative estimate of drug-likeness (QED) is 0.735. The molecule has 0 spiro atoms. The molecule has 3 atom stereocenters. The predicted molar refractivity (Wildman–Crippen MR) is 70.1 cm³/mol. The maximum Gasteiger partial charge on any atom is 0.322 e. The third-order valence-corrected chi connectivity index (χ3v) is 4.57. The summed E-state index contributed by atoms with van der Waals surface area (Å²) in [6, 6.07) is -0.477. The SMILES string of the molecule is COC(=O)C(N)CCSC1CCCC(OC)C1. The van der Waals surface area contributed by atoms with Crippen LogP contribution in [0.5, 0.6) is 0 Å². The first-order chi connectivity index (χ1) is 8.17. The maximum absolute atomic E-state index is 11.1. The number of ether oxygens (including phenoxy) is 2. The van der Waals surface area contributed by atoms with E-state index in [1.54, 1.807) is 7.11 Å². The fourth-order valence-electron chi connectivity index (χ4n) is 2.10. The van der Waals surface area contributed by atoms with E-state index in [0.29, 0.717) is 17.8 Å². The van der Waals surface area contributed by atoms with Gasteiger partial charge in [-0.05, 0) is 37.9 Å². The number of nitrogens with two attached hydrogens (primary N) is 1. The standard InChI is InChI=1S/C12H23NO3S/c1-15-9-4-3-5-10(8-9)17-7-6-11(13)12(14)16-2/h9-11H,3-8,13H2,1-2H3. The Morgan fingerprint density at radius 2 is 2.24 bits per heavy atom. The van der Waals surface area contributed by atoms with E-state index < -0.39 is 6.04 Å².